The summed E-state index contributed by atoms with van der Waals surface area (Å²) in [6, 6.07) is 12.1. The number of carbonyl (C=O) groups is 1. The van der Waals surface area contributed by atoms with Crippen molar-refractivity contribution in [2.24, 2.45) is 0 Å². The molecule has 0 aliphatic rings. The van der Waals surface area contributed by atoms with E-state index in [1.807, 2.05) is 31.2 Å². The van der Waals surface area contributed by atoms with Crippen LogP contribution in [0.3, 0.4) is 0 Å². The molecule has 1 amide bonds. The molecule has 2 aromatic rings. The van der Waals surface area contributed by atoms with Crippen molar-refractivity contribution in [3.8, 4) is 5.75 Å². The number of nitrogens with zero attached hydrogens (tertiary/aromatic N) is 1. The molecule has 0 aliphatic heterocycles. The van der Waals surface area contributed by atoms with E-state index in [2.05, 4.69) is 5.32 Å². The fraction of sp³-hybridized carbons (Fsp3) is 0.211. The van der Waals surface area contributed by atoms with Crippen LogP contribution < -0.4 is 10.1 Å². The third-order valence-corrected chi connectivity index (χ3v) is 5.49. The summed E-state index contributed by atoms with van der Waals surface area (Å²) in [4.78, 5) is 12.3. The molecule has 0 aromatic heterocycles. The number of methoxy groups -OCH3 is 1. The van der Waals surface area contributed by atoms with Crippen LogP contribution >= 0.6 is 0 Å². The van der Waals surface area contributed by atoms with Crippen molar-refractivity contribution in [3.63, 3.8) is 0 Å². The van der Waals surface area contributed by atoms with Gasteiger partial charge in [0.25, 0.3) is 0 Å². The minimum Gasteiger partial charge on any atom is -0.495 e. The van der Waals surface area contributed by atoms with Crippen LogP contribution in [-0.4, -0.2) is 39.8 Å². The maximum atomic E-state index is 12.3. The number of hydrogen-bond donors (Lipinski definition) is 1. The number of nitrogens with one attached hydrogen (secondary N) is 1. The fourth-order valence-electron chi connectivity index (χ4n) is 2.28. The van der Waals surface area contributed by atoms with Crippen molar-refractivity contribution < 1.29 is 17.9 Å². The van der Waals surface area contributed by atoms with Crippen molar-refractivity contribution in [3.05, 3.63) is 59.7 Å². The summed E-state index contributed by atoms with van der Waals surface area (Å²) in [6.07, 6.45) is 3.08. The molecule has 0 aliphatic carbocycles. The zero-order valence-electron chi connectivity index (χ0n) is 15.2. The number of hydrogen-bond acceptors (Lipinski definition) is 4. The van der Waals surface area contributed by atoms with Gasteiger partial charge < -0.3 is 10.1 Å². The summed E-state index contributed by atoms with van der Waals surface area (Å²) in [6.45, 7) is 1.97. The van der Waals surface area contributed by atoms with E-state index >= 15 is 0 Å². The lowest BCUT2D eigenvalue weighted by molar-refractivity contribution is -0.111. The summed E-state index contributed by atoms with van der Waals surface area (Å²) in [5.74, 6) is -0.00998. The summed E-state index contributed by atoms with van der Waals surface area (Å²) < 4.78 is 30.9. The van der Waals surface area contributed by atoms with Gasteiger partial charge in [-0.05, 0) is 36.8 Å². The molecule has 2 aromatic carbocycles. The fourth-order valence-corrected chi connectivity index (χ4v) is 3.20. The van der Waals surface area contributed by atoms with E-state index in [1.54, 1.807) is 6.08 Å². The zero-order chi connectivity index (χ0) is 19.3. The van der Waals surface area contributed by atoms with Crippen LogP contribution in [0.1, 0.15) is 11.1 Å². The molecule has 2 rings (SSSR count). The lowest BCUT2D eigenvalue weighted by Gasteiger charge is -2.14. The van der Waals surface area contributed by atoms with E-state index in [1.165, 1.54) is 45.5 Å². The molecule has 0 unspecified atom stereocenters. The van der Waals surface area contributed by atoms with Crippen molar-refractivity contribution in [2.45, 2.75) is 11.8 Å². The van der Waals surface area contributed by atoms with Gasteiger partial charge in [-0.15, -0.1) is 0 Å². The number of carbonyl (C=O) groups excluding carboxylic acids is 1. The minimum atomic E-state index is -3.61. The van der Waals surface area contributed by atoms with E-state index in [0.29, 0.717) is 5.75 Å². The predicted octanol–water partition coefficient (Wildman–Crippen LogP) is 2.91. The summed E-state index contributed by atoms with van der Waals surface area (Å²) in [7, 11) is 0.734. The van der Waals surface area contributed by atoms with Gasteiger partial charge in [-0.1, -0.05) is 29.8 Å². The van der Waals surface area contributed by atoms with Gasteiger partial charge in [0.05, 0.1) is 17.7 Å². The molecule has 0 spiro atoms. The van der Waals surface area contributed by atoms with Crippen LogP contribution in [0.25, 0.3) is 6.08 Å². The van der Waals surface area contributed by atoms with E-state index in [0.717, 1.165) is 15.4 Å². The molecule has 138 valence electrons. The molecule has 0 saturated carbocycles. The molecule has 0 heterocycles. The minimum absolute atomic E-state index is 0.0706. The van der Waals surface area contributed by atoms with Gasteiger partial charge in [0.15, 0.2) is 0 Å². The van der Waals surface area contributed by atoms with Crippen molar-refractivity contribution >= 4 is 27.7 Å². The third kappa shape index (κ3) is 4.71. The molecular weight excluding hydrogens is 352 g/mol. The first kappa shape index (κ1) is 19.7. The molecule has 0 saturated heterocycles. The highest BCUT2D eigenvalue weighted by Crippen LogP contribution is 2.28. The maximum Gasteiger partial charge on any atom is 0.248 e. The lowest BCUT2D eigenvalue weighted by atomic mass is 10.1. The predicted molar refractivity (Wildman–Crippen MR) is 103 cm³/mol. The molecule has 0 fully saturated rings. The summed E-state index contributed by atoms with van der Waals surface area (Å²) in [5, 5.41) is 2.66. The molecule has 0 atom stereocenters. The highest BCUT2D eigenvalue weighted by atomic mass is 32.2. The number of sulfonamides is 1. The number of amides is 1. The number of ether oxygens (including phenoxy) is 1. The molecule has 6 nitrogen and oxygen atoms in total. The second-order valence-corrected chi connectivity index (χ2v) is 8.04. The van der Waals surface area contributed by atoms with Gasteiger partial charge in [0.1, 0.15) is 5.75 Å². The lowest BCUT2D eigenvalue weighted by Crippen LogP contribution is -2.22. The topological polar surface area (TPSA) is 75.7 Å². The van der Waals surface area contributed by atoms with Crippen LogP contribution in [0.15, 0.2) is 53.4 Å². The maximum absolute atomic E-state index is 12.3. The Kier molecular flexibility index (Phi) is 6.18. The Morgan fingerprint density at radius 3 is 2.50 bits per heavy atom. The normalized spacial score (nSPS) is 11.7. The monoisotopic (exact) mass is 374 g/mol. The molecule has 0 radical (unpaired) electrons. The average molecular weight is 374 g/mol. The molecule has 26 heavy (non-hydrogen) atoms. The van der Waals surface area contributed by atoms with E-state index in [9.17, 15) is 13.2 Å². The Morgan fingerprint density at radius 2 is 1.88 bits per heavy atom. The van der Waals surface area contributed by atoms with Gasteiger partial charge in [-0.2, -0.15) is 0 Å². The second kappa shape index (κ2) is 8.16. The smallest absolute Gasteiger partial charge is 0.248 e. The molecule has 7 heteroatoms. The van der Waals surface area contributed by atoms with E-state index in [4.69, 9.17) is 4.74 Å². The van der Waals surface area contributed by atoms with Crippen LogP contribution in [0.5, 0.6) is 5.75 Å². The summed E-state index contributed by atoms with van der Waals surface area (Å²) >= 11 is 0. The molecule has 0 bridgehead atoms. The van der Waals surface area contributed by atoms with Crippen LogP contribution in [0.2, 0.25) is 0 Å². The van der Waals surface area contributed by atoms with Gasteiger partial charge >= 0.3 is 0 Å². The van der Waals surface area contributed by atoms with Crippen molar-refractivity contribution in [2.75, 3.05) is 26.5 Å². The first-order valence-corrected chi connectivity index (χ1v) is 9.34. The quantitative estimate of drug-likeness (QED) is 0.789. The average Bonchev–Trinajstić information content (AvgIpc) is 2.60. The Balaban J connectivity index is 2.26. The van der Waals surface area contributed by atoms with Crippen LogP contribution in [0.4, 0.5) is 5.69 Å². The Morgan fingerprint density at radius 1 is 1.15 bits per heavy atom. The van der Waals surface area contributed by atoms with Gasteiger partial charge in [-0.3, -0.25) is 4.79 Å². The Labute approximate surface area is 154 Å². The Bertz CT molecular complexity index is 934. The van der Waals surface area contributed by atoms with Crippen LogP contribution in [-0.2, 0) is 14.8 Å². The number of anilines is 1. The van der Waals surface area contributed by atoms with Crippen molar-refractivity contribution in [1.29, 1.82) is 0 Å². The number of rotatable bonds is 6. The standard InChI is InChI=1S/C19H22N2O4S/c1-14-6-5-7-15(12-14)8-11-19(22)20-17-13-16(9-10-18(17)25-4)26(23,24)21(2)3/h5-13H,1-4H3,(H,20,22)/b11-8+. The third-order valence-electron chi connectivity index (χ3n) is 3.68. The second-order valence-electron chi connectivity index (χ2n) is 5.89. The van der Waals surface area contributed by atoms with E-state index < -0.39 is 10.0 Å². The number of benzene rings is 2. The highest BCUT2D eigenvalue weighted by Gasteiger charge is 2.19. The van der Waals surface area contributed by atoms with Crippen molar-refractivity contribution in [1.82, 2.24) is 4.31 Å². The van der Waals surface area contributed by atoms with Gasteiger partial charge in [-0.25, -0.2) is 12.7 Å². The number of aryl methyl sites for hydroxylation is 1. The van der Waals surface area contributed by atoms with Gasteiger partial charge in [0.2, 0.25) is 15.9 Å². The summed E-state index contributed by atoms with van der Waals surface area (Å²) in [5.41, 5.74) is 2.28. The first-order chi connectivity index (χ1) is 12.2. The Hall–Kier alpha value is -2.64. The molecule has 1 N–H and O–H groups in total. The van der Waals surface area contributed by atoms with Gasteiger partial charge in [0, 0.05) is 20.2 Å². The van der Waals surface area contributed by atoms with Crippen LogP contribution in [0, 0.1) is 6.92 Å². The highest BCUT2D eigenvalue weighted by molar-refractivity contribution is 7.89. The largest absolute Gasteiger partial charge is 0.495 e. The molecular formula is C19H22N2O4S. The van der Waals surface area contributed by atoms with E-state index in [-0.39, 0.29) is 16.5 Å². The first-order valence-electron chi connectivity index (χ1n) is 7.90. The SMILES string of the molecule is COc1ccc(S(=O)(=O)N(C)C)cc1NC(=O)/C=C/c1cccc(C)c1. The zero-order valence-corrected chi connectivity index (χ0v) is 16.0.